The van der Waals surface area contributed by atoms with E-state index in [1.54, 1.807) is 36.4 Å². The zero-order chi connectivity index (χ0) is 13.7. The van der Waals surface area contributed by atoms with Gasteiger partial charge in [-0.1, -0.05) is 35.3 Å². The molecule has 0 bridgehead atoms. The Balaban J connectivity index is 0.000000324. The van der Waals surface area contributed by atoms with Crippen LogP contribution in [-0.4, -0.2) is 0 Å². The van der Waals surface area contributed by atoms with Gasteiger partial charge in [-0.2, -0.15) is 0 Å². The van der Waals surface area contributed by atoms with E-state index in [0.717, 1.165) is 0 Å². The largest absolute Gasteiger partial charge is 0.398 e. The summed E-state index contributed by atoms with van der Waals surface area (Å²) in [5, 5.41) is 1.19. The molecule has 0 aliphatic rings. The van der Waals surface area contributed by atoms with Gasteiger partial charge in [-0.15, -0.1) is 25.3 Å². The fraction of sp³-hybridized carbons (Fsp3) is 0. The molecule has 0 aromatic heterocycles. The molecule has 0 amide bonds. The van der Waals surface area contributed by atoms with Crippen molar-refractivity contribution in [2.24, 2.45) is 0 Å². The number of thiol groups is 2. The summed E-state index contributed by atoms with van der Waals surface area (Å²) in [4.78, 5) is 1.30. The van der Waals surface area contributed by atoms with Gasteiger partial charge in [0.2, 0.25) is 0 Å². The molecule has 2 nitrogen and oxygen atoms in total. The van der Waals surface area contributed by atoms with Gasteiger partial charge < -0.3 is 11.5 Å². The van der Waals surface area contributed by atoms with Crippen LogP contribution in [0, 0.1) is 0 Å². The van der Waals surface area contributed by atoms with Crippen LogP contribution in [0.4, 0.5) is 11.4 Å². The molecule has 0 unspecified atom stereocenters. The minimum atomic E-state index is 0. The van der Waals surface area contributed by atoms with E-state index < -0.39 is 0 Å². The summed E-state index contributed by atoms with van der Waals surface area (Å²) in [6, 6.07) is 10.6. The van der Waals surface area contributed by atoms with Crippen LogP contribution in [0.1, 0.15) is 0 Å². The number of rotatable bonds is 0. The van der Waals surface area contributed by atoms with Crippen LogP contribution < -0.4 is 11.5 Å². The van der Waals surface area contributed by atoms with Crippen LogP contribution in [0.25, 0.3) is 0 Å². The van der Waals surface area contributed by atoms with Gasteiger partial charge in [-0.05, 0) is 24.3 Å². The van der Waals surface area contributed by atoms with E-state index >= 15 is 0 Å². The van der Waals surface area contributed by atoms with Crippen LogP contribution in [0.5, 0.6) is 0 Å². The Morgan fingerprint density at radius 3 is 1.26 bits per heavy atom. The number of anilines is 2. The van der Waals surface area contributed by atoms with Crippen molar-refractivity contribution in [1.82, 2.24) is 0 Å². The van der Waals surface area contributed by atoms with Crippen molar-refractivity contribution < 1.29 is 19.5 Å². The minimum Gasteiger partial charge on any atom is -0.398 e. The van der Waals surface area contributed by atoms with Crippen molar-refractivity contribution in [2.75, 3.05) is 11.5 Å². The van der Waals surface area contributed by atoms with E-state index in [1.165, 1.54) is 0 Å². The number of nitrogen functional groups attached to an aromatic ring is 2. The summed E-state index contributed by atoms with van der Waals surface area (Å²) >= 11 is 19.4. The van der Waals surface area contributed by atoms with Crippen LogP contribution >= 0.6 is 48.5 Å². The van der Waals surface area contributed by atoms with Gasteiger partial charge in [0.05, 0.1) is 10.0 Å². The molecule has 2 rings (SSSR count). The predicted octanol–water partition coefficient (Wildman–Crippen LogP) is 4.42. The fourth-order valence-corrected chi connectivity index (χ4v) is 1.73. The first-order valence-corrected chi connectivity index (χ1v) is 6.54. The van der Waals surface area contributed by atoms with Crippen LogP contribution in [-0.2, 0) is 19.5 Å². The molecule has 0 aliphatic carbocycles. The van der Waals surface area contributed by atoms with E-state index in [-0.39, 0.29) is 19.5 Å². The van der Waals surface area contributed by atoms with Gasteiger partial charge in [0, 0.05) is 40.6 Å². The smallest absolute Gasteiger partial charge is 0.0560 e. The molecule has 0 atom stereocenters. The van der Waals surface area contributed by atoms with Crippen LogP contribution in [0.15, 0.2) is 46.2 Å². The monoisotopic (exact) mass is 382 g/mol. The summed E-state index contributed by atoms with van der Waals surface area (Å²) in [5.41, 5.74) is 12.2. The molecular formula is C12H12Cl2N2S2Zn. The van der Waals surface area contributed by atoms with Gasteiger partial charge in [0.15, 0.2) is 0 Å². The predicted molar refractivity (Wildman–Crippen MR) is 86.2 cm³/mol. The summed E-state index contributed by atoms with van der Waals surface area (Å²) in [7, 11) is 0. The van der Waals surface area contributed by atoms with Crippen molar-refractivity contribution in [2.45, 2.75) is 9.79 Å². The second-order valence-corrected chi connectivity index (χ2v) is 5.06. The van der Waals surface area contributed by atoms with E-state index in [0.29, 0.717) is 31.2 Å². The third kappa shape index (κ3) is 5.84. The molecule has 98 valence electrons. The van der Waals surface area contributed by atoms with Gasteiger partial charge in [0.1, 0.15) is 0 Å². The summed E-state index contributed by atoms with van der Waals surface area (Å²) < 4.78 is 0. The SMILES string of the molecule is Nc1cccc(Cl)c1S.Nc1cccc(Cl)c1S.[Zn]. The molecule has 0 saturated carbocycles. The Labute approximate surface area is 146 Å². The van der Waals surface area contributed by atoms with Crippen LogP contribution in [0.3, 0.4) is 0 Å². The Kier molecular flexibility index (Phi) is 8.96. The van der Waals surface area contributed by atoms with E-state index in [1.807, 2.05) is 0 Å². The Bertz CT molecular complexity index is 463. The molecule has 4 N–H and O–H groups in total. The standard InChI is InChI=1S/2C6H6ClNS.Zn/c2*7-4-2-1-3-5(8)6(4)9;/h2*1-3,9H,8H2;. The summed E-state index contributed by atoms with van der Waals surface area (Å²) in [6.45, 7) is 0. The van der Waals surface area contributed by atoms with E-state index in [9.17, 15) is 0 Å². The molecule has 19 heavy (non-hydrogen) atoms. The molecule has 0 radical (unpaired) electrons. The minimum absolute atomic E-state index is 0. The molecule has 0 fully saturated rings. The first kappa shape index (κ1) is 18.9. The maximum Gasteiger partial charge on any atom is 0.0560 e. The molecule has 0 aliphatic heterocycles. The van der Waals surface area contributed by atoms with Gasteiger partial charge in [-0.3, -0.25) is 0 Å². The van der Waals surface area contributed by atoms with E-state index in [2.05, 4.69) is 25.3 Å². The van der Waals surface area contributed by atoms with E-state index in [4.69, 9.17) is 34.7 Å². The van der Waals surface area contributed by atoms with Crippen molar-refractivity contribution >= 4 is 59.8 Å². The summed E-state index contributed by atoms with van der Waals surface area (Å²) in [6.07, 6.45) is 0. The second-order valence-electron chi connectivity index (χ2n) is 3.36. The maximum absolute atomic E-state index is 5.66. The fourth-order valence-electron chi connectivity index (χ4n) is 1.06. The normalized spacial score (nSPS) is 9.05. The first-order valence-electron chi connectivity index (χ1n) is 4.89. The Morgan fingerprint density at radius 2 is 1.05 bits per heavy atom. The average Bonchev–Trinajstić information content (AvgIpc) is 2.34. The van der Waals surface area contributed by atoms with Gasteiger partial charge in [-0.25, -0.2) is 0 Å². The molecule has 2 aromatic carbocycles. The molecule has 7 heteroatoms. The molecule has 0 spiro atoms. The van der Waals surface area contributed by atoms with Gasteiger partial charge >= 0.3 is 0 Å². The average molecular weight is 385 g/mol. The Morgan fingerprint density at radius 1 is 0.737 bits per heavy atom. The summed E-state index contributed by atoms with van der Waals surface area (Å²) in [5.74, 6) is 0. The number of hydrogen-bond acceptors (Lipinski definition) is 4. The number of hydrogen-bond donors (Lipinski definition) is 4. The third-order valence-electron chi connectivity index (χ3n) is 2.04. The quantitative estimate of drug-likeness (QED) is 0.309. The number of nitrogens with two attached hydrogens (primary N) is 2. The van der Waals surface area contributed by atoms with Crippen molar-refractivity contribution in [1.29, 1.82) is 0 Å². The zero-order valence-corrected chi connectivity index (χ0v) is 16.2. The van der Waals surface area contributed by atoms with Crippen LogP contribution in [0.2, 0.25) is 10.0 Å². The van der Waals surface area contributed by atoms with Gasteiger partial charge in [0.25, 0.3) is 0 Å². The molecular weight excluding hydrogens is 373 g/mol. The second kappa shape index (κ2) is 8.99. The topological polar surface area (TPSA) is 52.0 Å². The third-order valence-corrected chi connectivity index (χ3v) is 3.93. The molecule has 0 heterocycles. The maximum atomic E-state index is 5.66. The molecule has 2 aromatic rings. The first-order chi connectivity index (χ1) is 8.43. The number of benzene rings is 2. The Hall–Kier alpha value is -0.0566. The molecule has 0 saturated heterocycles. The number of halogens is 2. The zero-order valence-electron chi connectivity index (χ0n) is 9.98. The van der Waals surface area contributed by atoms with Crippen molar-refractivity contribution in [3.8, 4) is 0 Å². The van der Waals surface area contributed by atoms with Crippen molar-refractivity contribution in [3.05, 3.63) is 46.4 Å². The van der Waals surface area contributed by atoms with Crippen molar-refractivity contribution in [3.63, 3.8) is 0 Å².